The van der Waals surface area contributed by atoms with Crippen LogP contribution in [0.4, 0.5) is 10.5 Å². The van der Waals surface area contributed by atoms with E-state index in [9.17, 15) is 9.59 Å². The first-order valence-corrected chi connectivity index (χ1v) is 7.34. The molecule has 2 rings (SSSR count). The zero-order valence-electron chi connectivity index (χ0n) is 11.2. The molecule has 0 spiro atoms. The van der Waals surface area contributed by atoms with E-state index in [4.69, 9.17) is 21.4 Å². The van der Waals surface area contributed by atoms with Crippen LogP contribution in [0.1, 0.15) is 15.9 Å². The Balaban J connectivity index is 2.10. The van der Waals surface area contributed by atoms with Crippen LogP contribution in [0.2, 0.25) is 5.02 Å². The van der Waals surface area contributed by atoms with Gasteiger partial charge in [0, 0.05) is 4.47 Å². The van der Waals surface area contributed by atoms with Crippen molar-refractivity contribution in [3.63, 3.8) is 0 Å². The van der Waals surface area contributed by atoms with E-state index in [0.717, 1.165) is 5.56 Å². The second-order valence-corrected chi connectivity index (χ2v) is 5.62. The highest BCUT2D eigenvalue weighted by molar-refractivity contribution is 9.10. The monoisotopic (exact) mass is 383 g/mol. The largest absolute Gasteiger partial charge is 0.478 e. The van der Waals surface area contributed by atoms with Crippen LogP contribution in [-0.2, 0) is 11.3 Å². The number of hydrogen-bond acceptors (Lipinski definition) is 3. The smallest absolute Gasteiger partial charge is 0.411 e. The van der Waals surface area contributed by atoms with E-state index in [1.165, 1.54) is 12.1 Å². The summed E-state index contributed by atoms with van der Waals surface area (Å²) in [5.41, 5.74) is 0.690. The number of carboxylic acids is 1. The first-order valence-electron chi connectivity index (χ1n) is 6.17. The lowest BCUT2D eigenvalue weighted by Gasteiger charge is -2.11. The molecule has 22 heavy (non-hydrogen) atoms. The number of amides is 1. The van der Waals surface area contributed by atoms with Crippen molar-refractivity contribution in [2.24, 2.45) is 0 Å². The van der Waals surface area contributed by atoms with Crippen molar-refractivity contribution in [2.75, 3.05) is 5.32 Å². The van der Waals surface area contributed by atoms with Gasteiger partial charge in [-0.1, -0.05) is 57.9 Å². The Morgan fingerprint density at radius 1 is 1.23 bits per heavy atom. The van der Waals surface area contributed by atoms with E-state index in [0.29, 0.717) is 4.47 Å². The zero-order chi connectivity index (χ0) is 16.1. The highest BCUT2D eigenvalue weighted by atomic mass is 79.9. The van der Waals surface area contributed by atoms with Crippen LogP contribution >= 0.6 is 27.5 Å². The summed E-state index contributed by atoms with van der Waals surface area (Å²) < 4.78 is 5.59. The Hall–Kier alpha value is -2.05. The SMILES string of the molecule is O=C(Nc1cc(Br)cc(Cl)c1C(=O)O)OCc1ccccc1. The fourth-order valence-corrected chi connectivity index (χ4v) is 2.65. The number of rotatable bonds is 4. The standard InChI is InChI=1S/C15H11BrClNO4/c16-10-6-11(17)13(14(19)20)12(7-10)18-15(21)22-8-9-4-2-1-3-5-9/h1-7H,8H2,(H,18,21)(H,19,20). The predicted molar refractivity (Wildman–Crippen MR) is 86.4 cm³/mol. The fourth-order valence-electron chi connectivity index (χ4n) is 1.76. The summed E-state index contributed by atoms with van der Waals surface area (Å²) >= 11 is 9.08. The molecular formula is C15H11BrClNO4. The highest BCUT2D eigenvalue weighted by Crippen LogP contribution is 2.29. The maximum Gasteiger partial charge on any atom is 0.411 e. The summed E-state index contributed by atoms with van der Waals surface area (Å²) in [5, 5.41) is 11.6. The molecular weight excluding hydrogens is 374 g/mol. The minimum Gasteiger partial charge on any atom is -0.478 e. The molecule has 0 aliphatic carbocycles. The van der Waals surface area contributed by atoms with E-state index in [1.807, 2.05) is 30.3 Å². The predicted octanol–water partition coefficient (Wildman–Crippen LogP) is 4.55. The first-order chi connectivity index (χ1) is 10.5. The van der Waals surface area contributed by atoms with Crippen LogP contribution in [-0.4, -0.2) is 17.2 Å². The Morgan fingerprint density at radius 2 is 1.91 bits per heavy atom. The number of carbonyl (C=O) groups is 2. The van der Waals surface area contributed by atoms with E-state index in [1.54, 1.807) is 0 Å². The van der Waals surface area contributed by atoms with Crippen molar-refractivity contribution in [2.45, 2.75) is 6.61 Å². The summed E-state index contributed by atoms with van der Waals surface area (Å²) in [6.07, 6.45) is -0.763. The molecule has 5 nitrogen and oxygen atoms in total. The molecule has 0 aliphatic rings. The minimum absolute atomic E-state index is 0.0141. The molecule has 0 radical (unpaired) electrons. The molecule has 1 amide bonds. The van der Waals surface area contributed by atoms with Crippen LogP contribution < -0.4 is 5.32 Å². The molecule has 114 valence electrons. The lowest BCUT2D eigenvalue weighted by atomic mass is 10.2. The third kappa shape index (κ3) is 4.22. The van der Waals surface area contributed by atoms with Gasteiger partial charge in [0.25, 0.3) is 0 Å². The molecule has 0 heterocycles. The van der Waals surface area contributed by atoms with E-state index >= 15 is 0 Å². The molecule has 7 heteroatoms. The third-order valence-corrected chi connectivity index (χ3v) is 3.47. The maximum absolute atomic E-state index is 11.8. The summed E-state index contributed by atoms with van der Waals surface area (Å²) in [7, 11) is 0. The number of benzene rings is 2. The van der Waals surface area contributed by atoms with Crippen LogP contribution in [0.25, 0.3) is 0 Å². The lowest BCUT2D eigenvalue weighted by Crippen LogP contribution is -2.16. The van der Waals surface area contributed by atoms with Crippen molar-refractivity contribution < 1.29 is 19.4 Å². The number of hydrogen-bond donors (Lipinski definition) is 2. The second-order valence-electron chi connectivity index (χ2n) is 4.30. The normalized spacial score (nSPS) is 10.1. The first kappa shape index (κ1) is 16.3. The van der Waals surface area contributed by atoms with E-state index in [-0.39, 0.29) is 22.9 Å². The zero-order valence-corrected chi connectivity index (χ0v) is 13.5. The Labute approximate surface area is 140 Å². The van der Waals surface area contributed by atoms with Gasteiger partial charge in [-0.25, -0.2) is 9.59 Å². The number of nitrogens with one attached hydrogen (secondary N) is 1. The number of carbonyl (C=O) groups excluding carboxylic acids is 1. The molecule has 0 fully saturated rings. The number of carboxylic acid groups (broad SMARTS) is 1. The van der Waals surface area contributed by atoms with Crippen LogP contribution in [0.3, 0.4) is 0 Å². The Bertz CT molecular complexity index is 706. The van der Waals surface area contributed by atoms with Gasteiger partial charge >= 0.3 is 12.1 Å². The molecule has 0 bridgehead atoms. The Morgan fingerprint density at radius 3 is 2.55 bits per heavy atom. The van der Waals surface area contributed by atoms with Crippen LogP contribution in [0.15, 0.2) is 46.9 Å². The summed E-state index contributed by atoms with van der Waals surface area (Å²) in [5.74, 6) is -1.24. The van der Waals surface area contributed by atoms with Crippen molar-refractivity contribution in [3.05, 3.63) is 63.1 Å². The highest BCUT2D eigenvalue weighted by Gasteiger charge is 2.18. The van der Waals surface area contributed by atoms with Gasteiger partial charge in [-0.3, -0.25) is 5.32 Å². The Kier molecular flexibility index (Phi) is 5.41. The molecule has 2 N–H and O–H groups in total. The molecule has 0 saturated heterocycles. The average Bonchev–Trinajstić information content (AvgIpc) is 2.45. The molecule has 0 atom stereocenters. The summed E-state index contributed by atoms with van der Waals surface area (Å²) in [6, 6.07) is 12.0. The number of ether oxygens (including phenoxy) is 1. The molecule has 0 saturated carbocycles. The van der Waals surface area contributed by atoms with Gasteiger partial charge in [-0.15, -0.1) is 0 Å². The fraction of sp³-hybridized carbons (Fsp3) is 0.0667. The third-order valence-electron chi connectivity index (χ3n) is 2.72. The van der Waals surface area contributed by atoms with E-state index in [2.05, 4.69) is 21.2 Å². The van der Waals surface area contributed by atoms with Gasteiger partial charge in [0.2, 0.25) is 0 Å². The minimum atomic E-state index is -1.24. The van der Waals surface area contributed by atoms with Gasteiger partial charge in [-0.2, -0.15) is 0 Å². The summed E-state index contributed by atoms with van der Waals surface area (Å²) in [6.45, 7) is 0.0802. The molecule has 0 unspecified atom stereocenters. The van der Waals surface area contributed by atoms with Gasteiger partial charge in [0.05, 0.1) is 10.7 Å². The van der Waals surface area contributed by atoms with E-state index < -0.39 is 12.1 Å². The topological polar surface area (TPSA) is 75.6 Å². The van der Waals surface area contributed by atoms with Crippen molar-refractivity contribution in [3.8, 4) is 0 Å². The lowest BCUT2D eigenvalue weighted by molar-refractivity contribution is 0.0698. The second kappa shape index (κ2) is 7.29. The quantitative estimate of drug-likeness (QED) is 0.811. The average molecular weight is 385 g/mol. The van der Waals surface area contributed by atoms with Gasteiger partial charge in [0.15, 0.2) is 0 Å². The van der Waals surface area contributed by atoms with Crippen LogP contribution in [0.5, 0.6) is 0 Å². The molecule has 2 aromatic carbocycles. The van der Waals surface area contributed by atoms with Crippen molar-refractivity contribution in [1.82, 2.24) is 0 Å². The number of anilines is 1. The van der Waals surface area contributed by atoms with Gasteiger partial charge in [-0.05, 0) is 17.7 Å². The summed E-state index contributed by atoms with van der Waals surface area (Å²) in [4.78, 5) is 23.0. The molecule has 0 aliphatic heterocycles. The molecule has 2 aromatic rings. The van der Waals surface area contributed by atoms with Crippen LogP contribution in [0, 0.1) is 0 Å². The number of halogens is 2. The van der Waals surface area contributed by atoms with Gasteiger partial charge < -0.3 is 9.84 Å². The van der Waals surface area contributed by atoms with Crippen molar-refractivity contribution in [1.29, 1.82) is 0 Å². The van der Waals surface area contributed by atoms with Gasteiger partial charge in [0.1, 0.15) is 12.2 Å². The number of aromatic carboxylic acids is 1. The van der Waals surface area contributed by atoms with Crippen molar-refractivity contribution >= 4 is 45.3 Å². The maximum atomic E-state index is 11.8. The molecule has 0 aromatic heterocycles.